The van der Waals surface area contributed by atoms with Crippen LogP contribution in [-0.2, 0) is 12.8 Å². The highest BCUT2D eigenvalue weighted by molar-refractivity contribution is 5.36. The molecule has 1 aliphatic carbocycles. The van der Waals surface area contributed by atoms with Crippen LogP contribution >= 0.6 is 0 Å². The fraction of sp³-hybridized carbons (Fsp3) is 0.500. The number of nitrogens with zero attached hydrogens (tertiary/aromatic N) is 1. The molecular weight excluding hydrogens is 210 g/mol. The van der Waals surface area contributed by atoms with E-state index in [1.54, 1.807) is 0 Å². The Morgan fingerprint density at radius 2 is 2.00 bits per heavy atom. The molecule has 0 bridgehead atoms. The maximum Gasteiger partial charge on any atom is 0.0809 e. The third-order valence-corrected chi connectivity index (χ3v) is 3.88. The van der Waals surface area contributed by atoms with E-state index in [1.165, 1.54) is 42.4 Å². The summed E-state index contributed by atoms with van der Waals surface area (Å²) in [5.74, 6) is 0.0386. The number of nitriles is 1. The Labute approximate surface area is 102 Å². The van der Waals surface area contributed by atoms with Gasteiger partial charge in [0.1, 0.15) is 0 Å². The molecule has 1 aromatic rings. The lowest BCUT2D eigenvalue weighted by atomic mass is 9.87. The van der Waals surface area contributed by atoms with Crippen LogP contribution in [0.2, 0.25) is 0 Å². The first-order valence-corrected chi connectivity index (χ1v) is 6.38. The van der Waals surface area contributed by atoms with Crippen LogP contribution in [0.25, 0.3) is 0 Å². The number of aryl methyl sites for hydroxylation is 2. The van der Waals surface area contributed by atoms with Crippen molar-refractivity contribution in [2.45, 2.75) is 31.7 Å². The zero-order valence-corrected chi connectivity index (χ0v) is 9.87. The maximum absolute atomic E-state index is 9.11. The highest BCUT2D eigenvalue weighted by atomic mass is 15.4. The zero-order valence-electron chi connectivity index (χ0n) is 9.87. The van der Waals surface area contributed by atoms with Crippen molar-refractivity contribution in [3.63, 3.8) is 0 Å². The molecule has 0 spiro atoms. The van der Waals surface area contributed by atoms with Crippen LogP contribution in [0.15, 0.2) is 18.2 Å². The molecule has 3 heteroatoms. The highest BCUT2D eigenvalue weighted by Gasteiger charge is 2.28. The normalized spacial score (nSPS) is 27.5. The van der Waals surface area contributed by atoms with Gasteiger partial charge in [0.15, 0.2) is 0 Å². The van der Waals surface area contributed by atoms with Gasteiger partial charge >= 0.3 is 0 Å². The molecule has 0 radical (unpaired) electrons. The van der Waals surface area contributed by atoms with Crippen LogP contribution in [0.1, 0.15) is 35.6 Å². The van der Waals surface area contributed by atoms with Crippen LogP contribution in [-0.4, -0.2) is 6.54 Å². The van der Waals surface area contributed by atoms with Gasteiger partial charge in [0.05, 0.1) is 18.0 Å². The number of hydrogen-bond acceptors (Lipinski definition) is 3. The Morgan fingerprint density at radius 1 is 1.18 bits per heavy atom. The van der Waals surface area contributed by atoms with E-state index in [2.05, 4.69) is 35.1 Å². The van der Waals surface area contributed by atoms with Crippen molar-refractivity contribution < 1.29 is 0 Å². The summed E-state index contributed by atoms with van der Waals surface area (Å²) in [6.45, 7) is 0.734. The molecule has 3 rings (SSSR count). The second kappa shape index (κ2) is 4.48. The Balaban J connectivity index is 1.91. The fourth-order valence-electron chi connectivity index (χ4n) is 2.88. The average Bonchev–Trinajstić information content (AvgIpc) is 2.86. The highest BCUT2D eigenvalue weighted by Crippen LogP contribution is 2.29. The number of hydrazine groups is 1. The SMILES string of the molecule is N#CC1CNNC1c1ccc2c(c1)CCCC2. The van der Waals surface area contributed by atoms with Gasteiger partial charge in [-0.05, 0) is 42.4 Å². The molecule has 2 N–H and O–H groups in total. The van der Waals surface area contributed by atoms with E-state index in [0.717, 1.165) is 6.54 Å². The first-order valence-electron chi connectivity index (χ1n) is 6.38. The van der Waals surface area contributed by atoms with Crippen LogP contribution in [0.3, 0.4) is 0 Å². The molecule has 17 heavy (non-hydrogen) atoms. The first-order chi connectivity index (χ1) is 8.38. The van der Waals surface area contributed by atoms with E-state index in [4.69, 9.17) is 5.26 Å². The van der Waals surface area contributed by atoms with Crippen molar-refractivity contribution in [1.82, 2.24) is 10.9 Å². The van der Waals surface area contributed by atoms with E-state index >= 15 is 0 Å². The molecule has 0 amide bonds. The summed E-state index contributed by atoms with van der Waals surface area (Å²) in [5.41, 5.74) is 10.5. The van der Waals surface area contributed by atoms with Gasteiger partial charge in [0, 0.05) is 6.54 Å². The molecule has 1 fully saturated rings. The summed E-state index contributed by atoms with van der Waals surface area (Å²) in [5, 5.41) is 9.11. The minimum absolute atomic E-state index is 0.0386. The van der Waals surface area contributed by atoms with Crippen molar-refractivity contribution in [3.8, 4) is 6.07 Å². The first kappa shape index (κ1) is 10.8. The van der Waals surface area contributed by atoms with Crippen LogP contribution in [0, 0.1) is 17.2 Å². The fourth-order valence-corrected chi connectivity index (χ4v) is 2.88. The Morgan fingerprint density at radius 3 is 2.82 bits per heavy atom. The summed E-state index contributed by atoms with van der Waals surface area (Å²) in [6, 6.07) is 9.24. The third kappa shape index (κ3) is 1.95. The number of hydrogen-bond donors (Lipinski definition) is 2. The molecule has 2 unspecified atom stereocenters. The third-order valence-electron chi connectivity index (χ3n) is 3.88. The average molecular weight is 227 g/mol. The summed E-state index contributed by atoms with van der Waals surface area (Å²) in [7, 11) is 0. The summed E-state index contributed by atoms with van der Waals surface area (Å²) in [6.07, 6.45) is 5.03. The molecule has 0 aromatic heterocycles. The summed E-state index contributed by atoms with van der Waals surface area (Å²) < 4.78 is 0. The van der Waals surface area contributed by atoms with Gasteiger partial charge < -0.3 is 0 Å². The van der Waals surface area contributed by atoms with Gasteiger partial charge in [-0.2, -0.15) is 5.26 Å². The number of nitrogens with one attached hydrogen (secondary N) is 2. The molecule has 1 saturated heterocycles. The number of fused-ring (bicyclic) bond motifs is 1. The molecular formula is C14H17N3. The Bertz CT molecular complexity index is 461. The molecule has 0 saturated carbocycles. The van der Waals surface area contributed by atoms with E-state index in [9.17, 15) is 0 Å². The molecule has 2 aliphatic rings. The van der Waals surface area contributed by atoms with Crippen LogP contribution in [0.4, 0.5) is 0 Å². The van der Waals surface area contributed by atoms with Crippen molar-refractivity contribution in [1.29, 1.82) is 5.26 Å². The van der Waals surface area contributed by atoms with Crippen LogP contribution in [0.5, 0.6) is 0 Å². The predicted octanol–water partition coefficient (Wildman–Crippen LogP) is 1.85. The minimum atomic E-state index is 0.0386. The van der Waals surface area contributed by atoms with Gasteiger partial charge in [-0.15, -0.1) is 0 Å². The van der Waals surface area contributed by atoms with Gasteiger partial charge in [-0.3, -0.25) is 5.43 Å². The Kier molecular flexibility index (Phi) is 2.84. The molecule has 1 aromatic carbocycles. The van der Waals surface area contributed by atoms with Crippen LogP contribution < -0.4 is 10.9 Å². The van der Waals surface area contributed by atoms with E-state index in [0.29, 0.717) is 0 Å². The van der Waals surface area contributed by atoms with Crippen molar-refractivity contribution >= 4 is 0 Å². The molecule has 3 nitrogen and oxygen atoms in total. The smallest absolute Gasteiger partial charge is 0.0809 e. The molecule has 88 valence electrons. The van der Waals surface area contributed by atoms with E-state index < -0.39 is 0 Å². The lowest BCUT2D eigenvalue weighted by Crippen LogP contribution is -2.25. The Hall–Kier alpha value is -1.37. The second-order valence-corrected chi connectivity index (χ2v) is 4.97. The van der Waals surface area contributed by atoms with Crippen molar-refractivity contribution in [2.75, 3.05) is 6.54 Å². The van der Waals surface area contributed by atoms with Gasteiger partial charge in [0.2, 0.25) is 0 Å². The van der Waals surface area contributed by atoms with Crippen molar-refractivity contribution in [2.24, 2.45) is 5.92 Å². The van der Waals surface area contributed by atoms with Crippen molar-refractivity contribution in [3.05, 3.63) is 34.9 Å². The predicted molar refractivity (Wildman–Crippen MR) is 66.1 cm³/mol. The minimum Gasteiger partial charge on any atom is -0.256 e. The second-order valence-electron chi connectivity index (χ2n) is 4.97. The van der Waals surface area contributed by atoms with E-state index in [-0.39, 0.29) is 12.0 Å². The zero-order chi connectivity index (χ0) is 11.7. The molecule has 1 aliphatic heterocycles. The lowest BCUT2D eigenvalue weighted by Gasteiger charge is -2.19. The maximum atomic E-state index is 9.11. The molecule has 1 heterocycles. The number of rotatable bonds is 1. The van der Waals surface area contributed by atoms with Gasteiger partial charge in [0.25, 0.3) is 0 Å². The summed E-state index contributed by atoms with van der Waals surface area (Å²) in [4.78, 5) is 0. The number of benzene rings is 1. The topological polar surface area (TPSA) is 47.9 Å². The lowest BCUT2D eigenvalue weighted by molar-refractivity contribution is 0.543. The standard InChI is InChI=1S/C14H17N3/c15-8-13-9-16-17-14(13)12-6-5-10-3-1-2-4-11(10)7-12/h5-7,13-14,16-17H,1-4,9H2. The van der Waals surface area contributed by atoms with Gasteiger partial charge in [-0.1, -0.05) is 18.2 Å². The molecule has 2 atom stereocenters. The van der Waals surface area contributed by atoms with E-state index in [1.807, 2.05) is 0 Å². The monoisotopic (exact) mass is 227 g/mol. The largest absolute Gasteiger partial charge is 0.256 e. The summed E-state index contributed by atoms with van der Waals surface area (Å²) >= 11 is 0. The quantitative estimate of drug-likeness (QED) is 0.769. The van der Waals surface area contributed by atoms with Gasteiger partial charge in [-0.25, -0.2) is 5.43 Å².